The number of aliphatic hydroxyl groups excluding tert-OH is 3. The summed E-state index contributed by atoms with van der Waals surface area (Å²) < 4.78 is 5.48. The van der Waals surface area contributed by atoms with Crippen LogP contribution in [0.4, 0.5) is 5.82 Å². The number of aliphatic hydroxyl groups is 3. The Morgan fingerprint density at radius 3 is 2.76 bits per heavy atom. The Balaban J connectivity index is 2.15. The molecule has 3 rings (SSSR count). The molecule has 0 bridgehead atoms. The van der Waals surface area contributed by atoms with Crippen molar-refractivity contribution in [3.05, 3.63) is 34.2 Å². The summed E-state index contributed by atoms with van der Waals surface area (Å²) in [5.74, 6) is 0.0716. The summed E-state index contributed by atoms with van der Waals surface area (Å²) in [6.45, 7) is -0.417. The molecule has 8 heteroatoms. The lowest BCUT2D eigenvalue weighted by atomic mass is 9.99. The van der Waals surface area contributed by atoms with Gasteiger partial charge < -0.3 is 30.8 Å². The number of benzene rings is 1. The number of fused-ring (bicyclic) bond motifs is 1. The van der Waals surface area contributed by atoms with Crippen molar-refractivity contribution in [2.45, 2.75) is 24.4 Å². The molecule has 6 N–H and O–H groups in total. The highest BCUT2D eigenvalue weighted by atomic mass is 16.6. The highest BCUT2D eigenvalue weighted by Crippen LogP contribution is 2.36. The van der Waals surface area contributed by atoms with Crippen LogP contribution in [0.2, 0.25) is 0 Å². The molecule has 1 fully saturated rings. The van der Waals surface area contributed by atoms with Crippen LogP contribution in [-0.2, 0) is 4.74 Å². The lowest BCUT2D eigenvalue weighted by molar-refractivity contribution is -0.0224. The predicted molar refractivity (Wildman–Crippen MR) is 73.5 cm³/mol. The van der Waals surface area contributed by atoms with E-state index >= 15 is 0 Å². The average molecular weight is 293 g/mol. The topological polar surface area (TPSA) is 142 Å². The summed E-state index contributed by atoms with van der Waals surface area (Å²) in [4.78, 5) is 17.7. The van der Waals surface area contributed by atoms with E-state index in [1.165, 1.54) is 0 Å². The van der Waals surface area contributed by atoms with Crippen molar-refractivity contribution in [3.63, 3.8) is 0 Å². The fourth-order valence-electron chi connectivity index (χ4n) is 2.62. The van der Waals surface area contributed by atoms with Crippen LogP contribution in [0.3, 0.4) is 0 Å². The number of nitrogens with one attached hydrogen (secondary N) is 1. The quantitative estimate of drug-likeness (QED) is 0.461. The second-order valence-electron chi connectivity index (χ2n) is 4.96. The monoisotopic (exact) mass is 293 g/mol. The van der Waals surface area contributed by atoms with E-state index in [0.717, 1.165) is 0 Å². The van der Waals surface area contributed by atoms with Gasteiger partial charge in [0.05, 0.1) is 12.1 Å². The number of aromatic amines is 1. The van der Waals surface area contributed by atoms with Crippen LogP contribution >= 0.6 is 0 Å². The zero-order chi connectivity index (χ0) is 15.1. The minimum Gasteiger partial charge on any atom is -0.394 e. The normalized spacial score (nSPS) is 29.1. The van der Waals surface area contributed by atoms with E-state index in [0.29, 0.717) is 16.5 Å². The number of ether oxygens (including phenoxy) is 1. The predicted octanol–water partition coefficient (Wildman–Crippen LogP) is -1.34. The molecule has 4 atom stereocenters. The second-order valence-corrected chi connectivity index (χ2v) is 4.96. The molecule has 1 aromatic heterocycles. The zero-order valence-corrected chi connectivity index (χ0v) is 10.9. The third kappa shape index (κ3) is 2.18. The van der Waals surface area contributed by atoms with Gasteiger partial charge in [0.15, 0.2) is 0 Å². The first-order valence-electron chi connectivity index (χ1n) is 6.43. The summed E-state index contributed by atoms with van der Waals surface area (Å²) in [6.07, 6.45) is -4.18. The van der Waals surface area contributed by atoms with Gasteiger partial charge in [-0.2, -0.15) is 4.98 Å². The van der Waals surface area contributed by atoms with Gasteiger partial charge in [-0.25, -0.2) is 4.79 Å². The highest BCUT2D eigenvalue weighted by Gasteiger charge is 2.43. The standard InChI is InChI=1S/C13H15N3O5/c14-12-6-3-1-2-5(8(6)15-13(20)16-12)11-10(19)9(18)7(4-17)21-11/h1-3,7,9-11,17-19H,4H2,(H3,14,15,16,20)/t7-,9-,10-,11+/m1/s1. The van der Waals surface area contributed by atoms with Crippen LogP contribution in [0, 0.1) is 0 Å². The number of anilines is 1. The molecule has 2 heterocycles. The van der Waals surface area contributed by atoms with Gasteiger partial charge in [0.2, 0.25) is 0 Å². The van der Waals surface area contributed by atoms with Gasteiger partial charge in [0.25, 0.3) is 0 Å². The summed E-state index contributed by atoms with van der Waals surface area (Å²) >= 11 is 0. The molecule has 112 valence electrons. The molecule has 1 aliphatic rings. The van der Waals surface area contributed by atoms with Crippen molar-refractivity contribution in [2.75, 3.05) is 12.3 Å². The van der Waals surface area contributed by atoms with Gasteiger partial charge in [0.1, 0.15) is 30.2 Å². The summed E-state index contributed by atoms with van der Waals surface area (Å²) in [5.41, 5.74) is 5.97. The summed E-state index contributed by atoms with van der Waals surface area (Å²) in [7, 11) is 0. The minimum atomic E-state index is -1.22. The molecule has 2 aromatic rings. The van der Waals surface area contributed by atoms with Crippen molar-refractivity contribution in [2.24, 2.45) is 0 Å². The zero-order valence-electron chi connectivity index (χ0n) is 10.9. The van der Waals surface area contributed by atoms with Crippen LogP contribution in [0.1, 0.15) is 11.7 Å². The van der Waals surface area contributed by atoms with E-state index in [9.17, 15) is 15.0 Å². The Kier molecular flexibility index (Phi) is 3.38. The first kappa shape index (κ1) is 14.0. The van der Waals surface area contributed by atoms with Gasteiger partial charge in [-0.05, 0) is 6.07 Å². The molecule has 0 aliphatic carbocycles. The van der Waals surface area contributed by atoms with Crippen LogP contribution in [-0.4, -0.2) is 50.2 Å². The van der Waals surface area contributed by atoms with Crippen molar-refractivity contribution in [3.8, 4) is 0 Å². The summed E-state index contributed by atoms with van der Waals surface area (Å²) in [5, 5.41) is 29.6. The molecule has 0 saturated carbocycles. The molecule has 0 spiro atoms. The molecule has 1 saturated heterocycles. The fourth-order valence-corrected chi connectivity index (χ4v) is 2.62. The van der Waals surface area contributed by atoms with Crippen molar-refractivity contribution >= 4 is 16.7 Å². The molecule has 21 heavy (non-hydrogen) atoms. The Morgan fingerprint density at radius 1 is 1.33 bits per heavy atom. The minimum absolute atomic E-state index is 0.0716. The molecule has 0 radical (unpaired) electrons. The number of nitrogen functional groups attached to an aromatic ring is 1. The fraction of sp³-hybridized carbons (Fsp3) is 0.385. The Labute approximate surface area is 118 Å². The number of H-pyrrole nitrogens is 1. The van der Waals surface area contributed by atoms with Crippen molar-refractivity contribution < 1.29 is 20.1 Å². The maximum atomic E-state index is 11.5. The molecule has 0 amide bonds. The number of nitrogens with two attached hydrogens (primary N) is 1. The van der Waals surface area contributed by atoms with E-state index in [-0.39, 0.29) is 5.82 Å². The molecule has 0 unspecified atom stereocenters. The smallest absolute Gasteiger partial charge is 0.347 e. The van der Waals surface area contributed by atoms with Crippen LogP contribution in [0.15, 0.2) is 23.0 Å². The summed E-state index contributed by atoms with van der Waals surface area (Å²) in [6, 6.07) is 5.01. The second kappa shape index (κ2) is 5.08. The average Bonchev–Trinajstić information content (AvgIpc) is 2.74. The highest BCUT2D eigenvalue weighted by molar-refractivity contribution is 5.90. The van der Waals surface area contributed by atoms with Gasteiger partial charge in [-0.1, -0.05) is 12.1 Å². The lowest BCUT2D eigenvalue weighted by Crippen LogP contribution is -2.32. The van der Waals surface area contributed by atoms with E-state index in [4.69, 9.17) is 15.6 Å². The Bertz CT molecular complexity index is 731. The van der Waals surface area contributed by atoms with E-state index in [1.807, 2.05) is 0 Å². The Morgan fingerprint density at radius 2 is 2.10 bits per heavy atom. The molecular weight excluding hydrogens is 278 g/mol. The van der Waals surface area contributed by atoms with Gasteiger partial charge in [0, 0.05) is 10.9 Å². The number of para-hydroxylation sites is 1. The number of hydrogen-bond acceptors (Lipinski definition) is 7. The molecule has 8 nitrogen and oxygen atoms in total. The lowest BCUT2D eigenvalue weighted by Gasteiger charge is -2.17. The van der Waals surface area contributed by atoms with Gasteiger partial charge >= 0.3 is 5.69 Å². The number of rotatable bonds is 2. The van der Waals surface area contributed by atoms with E-state index < -0.39 is 36.7 Å². The maximum absolute atomic E-state index is 11.5. The number of aromatic nitrogens is 2. The SMILES string of the molecule is Nc1nc(=O)[nH]c2c([C@@H]3O[C@H](CO)[C@@H](O)[C@H]3O)cccc12. The third-order valence-corrected chi connectivity index (χ3v) is 3.68. The Hall–Kier alpha value is -2.00. The maximum Gasteiger partial charge on any atom is 0.347 e. The van der Waals surface area contributed by atoms with Crippen molar-refractivity contribution in [1.82, 2.24) is 9.97 Å². The third-order valence-electron chi connectivity index (χ3n) is 3.68. The van der Waals surface area contributed by atoms with Crippen LogP contribution in [0.5, 0.6) is 0 Å². The number of hydrogen-bond donors (Lipinski definition) is 5. The molecule has 1 aromatic carbocycles. The van der Waals surface area contributed by atoms with Crippen LogP contribution < -0.4 is 11.4 Å². The largest absolute Gasteiger partial charge is 0.394 e. The van der Waals surface area contributed by atoms with Crippen molar-refractivity contribution in [1.29, 1.82) is 0 Å². The number of nitrogens with zero attached hydrogens (tertiary/aromatic N) is 1. The van der Waals surface area contributed by atoms with Crippen LogP contribution in [0.25, 0.3) is 10.9 Å². The molecular formula is C13H15N3O5. The van der Waals surface area contributed by atoms with E-state index in [1.54, 1.807) is 18.2 Å². The van der Waals surface area contributed by atoms with E-state index in [2.05, 4.69) is 9.97 Å². The first-order chi connectivity index (χ1) is 10.0. The molecule has 1 aliphatic heterocycles. The van der Waals surface area contributed by atoms with Gasteiger partial charge in [-0.3, -0.25) is 0 Å². The first-order valence-corrected chi connectivity index (χ1v) is 6.43. The van der Waals surface area contributed by atoms with Gasteiger partial charge in [-0.15, -0.1) is 0 Å².